The molecule has 0 saturated heterocycles. The second-order valence-electron chi connectivity index (χ2n) is 3.96. The van der Waals surface area contributed by atoms with Gasteiger partial charge < -0.3 is 15.0 Å². The fourth-order valence-corrected chi connectivity index (χ4v) is 1.54. The third-order valence-electron chi connectivity index (χ3n) is 2.50. The maximum Gasteiger partial charge on any atom is 0.264 e. The molecule has 1 aromatic carbocycles. The molecule has 0 fully saturated rings. The number of ether oxygens (including phenoxy) is 1. The summed E-state index contributed by atoms with van der Waals surface area (Å²) >= 11 is 0. The van der Waals surface area contributed by atoms with Crippen LogP contribution in [0.5, 0.6) is 5.75 Å². The second kappa shape index (κ2) is 5.35. The fraction of sp³-hybridized carbons (Fsp3) is 0.0769. The van der Waals surface area contributed by atoms with Gasteiger partial charge in [-0.1, -0.05) is 5.16 Å². The topological polar surface area (TPSA) is 100.0 Å². The molecule has 0 spiro atoms. The zero-order valence-corrected chi connectivity index (χ0v) is 10.4. The van der Waals surface area contributed by atoms with Crippen LogP contribution in [0.25, 0.3) is 11.5 Å². The maximum atomic E-state index is 5.59. The molecule has 0 radical (unpaired) electrons. The number of anilines is 1. The van der Waals surface area contributed by atoms with E-state index in [1.165, 1.54) is 0 Å². The monoisotopic (exact) mass is 269 g/mol. The van der Waals surface area contributed by atoms with Crippen molar-refractivity contribution in [1.82, 2.24) is 20.1 Å². The molecular weight excluding hydrogens is 258 g/mol. The Morgan fingerprint density at radius 2 is 2.00 bits per heavy atom. The quantitative estimate of drug-likeness (QED) is 0.719. The van der Waals surface area contributed by atoms with Crippen molar-refractivity contribution in [2.24, 2.45) is 0 Å². The molecule has 0 bridgehead atoms. The molecule has 2 aromatic heterocycles. The van der Waals surface area contributed by atoms with Gasteiger partial charge in [-0.05, 0) is 24.3 Å². The first-order valence-electron chi connectivity index (χ1n) is 5.88. The molecule has 20 heavy (non-hydrogen) atoms. The Balaban J connectivity index is 1.67. The minimum absolute atomic E-state index is 0.178. The van der Waals surface area contributed by atoms with Crippen molar-refractivity contribution < 1.29 is 9.26 Å². The van der Waals surface area contributed by atoms with Gasteiger partial charge in [-0.25, -0.2) is 4.98 Å². The minimum Gasteiger partial charge on any atom is -0.484 e. The third kappa shape index (κ3) is 2.72. The molecule has 0 amide bonds. The molecule has 0 aliphatic heterocycles. The van der Waals surface area contributed by atoms with Crippen molar-refractivity contribution in [1.29, 1.82) is 0 Å². The van der Waals surface area contributed by atoms with Crippen LogP contribution < -0.4 is 10.5 Å². The molecule has 3 rings (SSSR count). The Bertz CT molecular complexity index is 681. The van der Waals surface area contributed by atoms with Crippen LogP contribution in [0.3, 0.4) is 0 Å². The standard InChI is InChI=1S/C13H11N5O2/c14-9-1-3-10(4-2-9)19-8-12-17-13(18-20-12)11-7-15-5-6-16-11/h1-7H,8,14H2. The zero-order chi connectivity index (χ0) is 13.8. The molecule has 0 aliphatic carbocycles. The van der Waals surface area contributed by atoms with Crippen LogP contribution in [0.4, 0.5) is 5.69 Å². The van der Waals surface area contributed by atoms with Crippen LogP contribution in [0.15, 0.2) is 47.4 Å². The van der Waals surface area contributed by atoms with Gasteiger partial charge >= 0.3 is 0 Å². The van der Waals surface area contributed by atoms with E-state index < -0.39 is 0 Å². The van der Waals surface area contributed by atoms with E-state index in [4.69, 9.17) is 15.0 Å². The highest BCUT2D eigenvalue weighted by Crippen LogP contribution is 2.16. The number of benzene rings is 1. The van der Waals surface area contributed by atoms with Crippen molar-refractivity contribution in [3.63, 3.8) is 0 Å². The van der Waals surface area contributed by atoms with Crippen molar-refractivity contribution in [2.45, 2.75) is 6.61 Å². The molecule has 0 atom stereocenters. The SMILES string of the molecule is Nc1ccc(OCc2nc(-c3cnccn3)no2)cc1. The smallest absolute Gasteiger partial charge is 0.264 e. The molecule has 2 N–H and O–H groups in total. The van der Waals surface area contributed by atoms with Gasteiger partial charge in [0.05, 0.1) is 6.20 Å². The summed E-state index contributed by atoms with van der Waals surface area (Å²) in [6, 6.07) is 7.06. The summed E-state index contributed by atoms with van der Waals surface area (Å²) in [5.74, 6) is 1.43. The summed E-state index contributed by atoms with van der Waals surface area (Å²) in [6.07, 6.45) is 4.71. The molecule has 7 nitrogen and oxygen atoms in total. The van der Waals surface area contributed by atoms with E-state index in [1.54, 1.807) is 42.9 Å². The normalized spacial score (nSPS) is 10.4. The third-order valence-corrected chi connectivity index (χ3v) is 2.50. The molecule has 3 aromatic rings. The van der Waals surface area contributed by atoms with E-state index in [0.29, 0.717) is 28.8 Å². The first-order chi connectivity index (χ1) is 9.81. The van der Waals surface area contributed by atoms with Crippen LogP contribution >= 0.6 is 0 Å². The van der Waals surface area contributed by atoms with Crippen LogP contribution in [-0.2, 0) is 6.61 Å². The lowest BCUT2D eigenvalue weighted by Gasteiger charge is -2.02. The summed E-state index contributed by atoms with van der Waals surface area (Å²) in [7, 11) is 0. The van der Waals surface area contributed by atoms with E-state index in [9.17, 15) is 0 Å². The summed E-state index contributed by atoms with van der Waals surface area (Å²) in [5, 5.41) is 3.82. The van der Waals surface area contributed by atoms with Crippen LogP contribution in [-0.4, -0.2) is 20.1 Å². The van der Waals surface area contributed by atoms with E-state index >= 15 is 0 Å². The lowest BCUT2D eigenvalue weighted by Crippen LogP contribution is -1.96. The van der Waals surface area contributed by atoms with Gasteiger partial charge in [-0.2, -0.15) is 4.98 Å². The van der Waals surface area contributed by atoms with Gasteiger partial charge in [0.1, 0.15) is 11.4 Å². The van der Waals surface area contributed by atoms with Gasteiger partial charge in [0.2, 0.25) is 5.82 Å². The van der Waals surface area contributed by atoms with Crippen molar-refractivity contribution in [2.75, 3.05) is 5.73 Å². The number of nitrogen functional groups attached to an aromatic ring is 1. The van der Waals surface area contributed by atoms with E-state index in [-0.39, 0.29) is 6.61 Å². The van der Waals surface area contributed by atoms with Crippen molar-refractivity contribution >= 4 is 5.69 Å². The Kier molecular flexibility index (Phi) is 3.24. The van der Waals surface area contributed by atoms with Gasteiger partial charge in [0.25, 0.3) is 5.89 Å². The average Bonchev–Trinajstić information content (AvgIpc) is 2.97. The summed E-state index contributed by atoms with van der Waals surface area (Å²) in [5.41, 5.74) is 6.82. The first-order valence-corrected chi connectivity index (χ1v) is 5.88. The summed E-state index contributed by atoms with van der Waals surface area (Å²) < 4.78 is 10.6. The number of nitrogens with zero attached hydrogens (tertiary/aromatic N) is 4. The maximum absolute atomic E-state index is 5.59. The Labute approximate surface area is 114 Å². The highest BCUT2D eigenvalue weighted by atomic mass is 16.5. The van der Waals surface area contributed by atoms with Crippen molar-refractivity contribution in [3.05, 3.63) is 48.7 Å². The molecule has 0 unspecified atom stereocenters. The lowest BCUT2D eigenvalue weighted by molar-refractivity contribution is 0.243. The molecular formula is C13H11N5O2. The molecule has 0 aliphatic rings. The molecule has 100 valence electrons. The minimum atomic E-state index is 0.178. The zero-order valence-electron chi connectivity index (χ0n) is 10.4. The van der Waals surface area contributed by atoms with Gasteiger partial charge in [-0.3, -0.25) is 4.98 Å². The fourth-order valence-electron chi connectivity index (χ4n) is 1.54. The number of rotatable bonds is 4. The van der Waals surface area contributed by atoms with Gasteiger partial charge in [0, 0.05) is 18.1 Å². The predicted octanol–water partition coefficient (Wildman–Crippen LogP) is 1.69. The average molecular weight is 269 g/mol. The Hall–Kier alpha value is -2.96. The largest absolute Gasteiger partial charge is 0.484 e. The predicted molar refractivity (Wildman–Crippen MR) is 70.5 cm³/mol. The highest BCUT2D eigenvalue weighted by molar-refractivity contribution is 5.45. The van der Waals surface area contributed by atoms with Crippen LogP contribution in [0, 0.1) is 0 Å². The van der Waals surface area contributed by atoms with Crippen LogP contribution in [0.2, 0.25) is 0 Å². The number of aromatic nitrogens is 4. The van der Waals surface area contributed by atoms with Gasteiger partial charge in [-0.15, -0.1) is 0 Å². The molecule has 7 heteroatoms. The summed E-state index contributed by atoms with van der Waals surface area (Å²) in [6.45, 7) is 0.178. The van der Waals surface area contributed by atoms with Crippen LogP contribution in [0.1, 0.15) is 5.89 Å². The van der Waals surface area contributed by atoms with E-state index in [2.05, 4.69) is 20.1 Å². The number of hydrogen-bond acceptors (Lipinski definition) is 7. The Morgan fingerprint density at radius 3 is 2.75 bits per heavy atom. The van der Waals surface area contributed by atoms with Crippen molar-refractivity contribution in [3.8, 4) is 17.3 Å². The van der Waals surface area contributed by atoms with Gasteiger partial charge in [0.15, 0.2) is 6.61 Å². The molecule has 0 saturated carbocycles. The van der Waals surface area contributed by atoms with E-state index in [1.807, 2.05) is 0 Å². The highest BCUT2D eigenvalue weighted by Gasteiger charge is 2.10. The lowest BCUT2D eigenvalue weighted by atomic mass is 10.3. The number of hydrogen-bond donors (Lipinski definition) is 1. The summed E-state index contributed by atoms with van der Waals surface area (Å²) in [4.78, 5) is 12.2. The Morgan fingerprint density at radius 1 is 1.15 bits per heavy atom. The molecule has 2 heterocycles. The first kappa shape index (κ1) is 12.1. The van der Waals surface area contributed by atoms with E-state index in [0.717, 1.165) is 0 Å². The number of nitrogens with two attached hydrogens (primary N) is 1. The second-order valence-corrected chi connectivity index (χ2v) is 3.96.